The largest absolute Gasteiger partial charge is 0.330 e. The van der Waals surface area contributed by atoms with Crippen molar-refractivity contribution in [2.24, 2.45) is 5.73 Å². The molecule has 0 aliphatic carbocycles. The molecule has 0 amide bonds. The van der Waals surface area contributed by atoms with Crippen molar-refractivity contribution in [3.05, 3.63) is 41.3 Å². The molecule has 2 rings (SSSR count). The van der Waals surface area contributed by atoms with E-state index in [-0.39, 0.29) is 0 Å². The van der Waals surface area contributed by atoms with Gasteiger partial charge in [-0.15, -0.1) is 0 Å². The van der Waals surface area contributed by atoms with Gasteiger partial charge in [0.05, 0.1) is 5.69 Å². The van der Waals surface area contributed by atoms with Gasteiger partial charge in [0.15, 0.2) is 5.82 Å². The molecule has 0 aliphatic heterocycles. The number of hydrogen-bond donors (Lipinski definition) is 1. The molecule has 0 atom stereocenters. The molecule has 2 aromatic rings. The van der Waals surface area contributed by atoms with Gasteiger partial charge in [0, 0.05) is 11.9 Å². The number of pyridine rings is 1. The van der Waals surface area contributed by atoms with E-state index in [1.165, 1.54) is 5.69 Å². The Morgan fingerprint density at radius 3 is 2.78 bits per heavy atom. The molecule has 0 aromatic carbocycles. The first kappa shape index (κ1) is 12.8. The van der Waals surface area contributed by atoms with Gasteiger partial charge in [0.25, 0.3) is 0 Å². The normalized spacial score (nSPS) is 10.8. The van der Waals surface area contributed by atoms with Crippen LogP contribution in [0.5, 0.6) is 0 Å². The maximum atomic E-state index is 5.65. The van der Waals surface area contributed by atoms with E-state index in [1.54, 1.807) is 0 Å². The van der Waals surface area contributed by atoms with Crippen LogP contribution in [0.4, 0.5) is 0 Å². The Bertz CT molecular complexity index is 516. The zero-order valence-electron chi connectivity index (χ0n) is 11.1. The van der Waals surface area contributed by atoms with Crippen molar-refractivity contribution >= 4 is 0 Å². The zero-order valence-corrected chi connectivity index (χ0v) is 11.1. The van der Waals surface area contributed by atoms with Gasteiger partial charge >= 0.3 is 0 Å². The zero-order chi connectivity index (χ0) is 13.0. The minimum absolute atomic E-state index is 0.627. The standard InChI is InChI=1S/C14H20N4/c1-3-12-10-13(4-2)18(17-12)14-11(7-8-15)6-5-9-16-14/h5-6,9-10H,3-4,7-8,15H2,1-2H3. The van der Waals surface area contributed by atoms with Crippen molar-refractivity contribution in [3.63, 3.8) is 0 Å². The lowest BCUT2D eigenvalue weighted by molar-refractivity contribution is 0.757. The molecule has 4 nitrogen and oxygen atoms in total. The fraction of sp³-hybridized carbons (Fsp3) is 0.429. The van der Waals surface area contributed by atoms with E-state index in [0.29, 0.717) is 6.54 Å². The molecule has 0 bridgehead atoms. The summed E-state index contributed by atoms with van der Waals surface area (Å²) in [6, 6.07) is 6.17. The van der Waals surface area contributed by atoms with Gasteiger partial charge in [-0.25, -0.2) is 9.67 Å². The number of nitrogens with two attached hydrogens (primary N) is 1. The van der Waals surface area contributed by atoms with Crippen LogP contribution in [-0.4, -0.2) is 21.3 Å². The van der Waals surface area contributed by atoms with Crippen molar-refractivity contribution in [2.45, 2.75) is 33.1 Å². The van der Waals surface area contributed by atoms with Crippen molar-refractivity contribution in [1.29, 1.82) is 0 Å². The number of hydrogen-bond acceptors (Lipinski definition) is 3. The first-order valence-corrected chi connectivity index (χ1v) is 6.52. The third-order valence-corrected chi connectivity index (χ3v) is 3.04. The highest BCUT2D eigenvalue weighted by atomic mass is 15.3. The van der Waals surface area contributed by atoms with Crippen LogP contribution in [0.1, 0.15) is 30.8 Å². The fourth-order valence-corrected chi connectivity index (χ4v) is 2.05. The summed E-state index contributed by atoms with van der Waals surface area (Å²) in [4.78, 5) is 4.47. The predicted molar refractivity (Wildman–Crippen MR) is 72.9 cm³/mol. The average molecular weight is 244 g/mol. The molecule has 2 N–H and O–H groups in total. The molecule has 4 heteroatoms. The van der Waals surface area contributed by atoms with Crippen LogP contribution in [0, 0.1) is 0 Å². The Morgan fingerprint density at radius 1 is 1.28 bits per heavy atom. The summed E-state index contributed by atoms with van der Waals surface area (Å²) in [7, 11) is 0. The third-order valence-electron chi connectivity index (χ3n) is 3.04. The molecule has 96 valence electrons. The summed E-state index contributed by atoms with van der Waals surface area (Å²) >= 11 is 0. The van der Waals surface area contributed by atoms with Gasteiger partial charge in [0.1, 0.15) is 0 Å². The summed E-state index contributed by atoms with van der Waals surface area (Å²) < 4.78 is 1.96. The van der Waals surface area contributed by atoms with Crippen LogP contribution in [0.25, 0.3) is 5.82 Å². The number of rotatable bonds is 5. The first-order chi connectivity index (χ1) is 8.80. The van der Waals surface area contributed by atoms with Crippen molar-refractivity contribution in [3.8, 4) is 5.82 Å². The van der Waals surface area contributed by atoms with Gasteiger partial charge in [-0.05, 0) is 43.5 Å². The summed E-state index contributed by atoms with van der Waals surface area (Å²) in [6.45, 7) is 4.88. The lowest BCUT2D eigenvalue weighted by Crippen LogP contribution is -2.11. The van der Waals surface area contributed by atoms with E-state index in [4.69, 9.17) is 5.73 Å². The van der Waals surface area contributed by atoms with E-state index in [2.05, 4.69) is 36.1 Å². The van der Waals surface area contributed by atoms with Crippen LogP contribution in [0.2, 0.25) is 0 Å². The van der Waals surface area contributed by atoms with Gasteiger partial charge in [-0.2, -0.15) is 5.10 Å². The maximum absolute atomic E-state index is 5.65. The number of nitrogens with zero attached hydrogens (tertiary/aromatic N) is 3. The molecule has 2 heterocycles. The van der Waals surface area contributed by atoms with E-state index in [1.807, 2.05) is 16.9 Å². The molecule has 0 fully saturated rings. The number of aryl methyl sites for hydroxylation is 2. The lowest BCUT2D eigenvalue weighted by atomic mass is 10.2. The smallest absolute Gasteiger partial charge is 0.156 e. The maximum Gasteiger partial charge on any atom is 0.156 e. The van der Waals surface area contributed by atoms with Gasteiger partial charge in [-0.1, -0.05) is 19.9 Å². The fourth-order valence-electron chi connectivity index (χ4n) is 2.05. The summed E-state index contributed by atoms with van der Waals surface area (Å²) in [5.74, 6) is 0.916. The Labute approximate surface area is 108 Å². The summed E-state index contributed by atoms with van der Waals surface area (Å²) in [6.07, 6.45) is 4.53. The Morgan fingerprint density at radius 2 is 2.11 bits per heavy atom. The molecule has 0 spiro atoms. The van der Waals surface area contributed by atoms with Gasteiger partial charge in [0.2, 0.25) is 0 Å². The molecular weight excluding hydrogens is 224 g/mol. The SMILES string of the molecule is CCc1cc(CC)n(-c2ncccc2CCN)n1. The highest BCUT2D eigenvalue weighted by Crippen LogP contribution is 2.16. The van der Waals surface area contributed by atoms with Crippen molar-refractivity contribution < 1.29 is 0 Å². The highest BCUT2D eigenvalue weighted by molar-refractivity contribution is 5.35. The van der Waals surface area contributed by atoms with E-state index < -0.39 is 0 Å². The monoisotopic (exact) mass is 244 g/mol. The molecule has 0 unspecified atom stereocenters. The van der Waals surface area contributed by atoms with E-state index >= 15 is 0 Å². The van der Waals surface area contributed by atoms with Crippen LogP contribution in [-0.2, 0) is 19.3 Å². The van der Waals surface area contributed by atoms with Crippen LogP contribution in [0.15, 0.2) is 24.4 Å². The van der Waals surface area contributed by atoms with E-state index in [0.717, 1.165) is 36.3 Å². The van der Waals surface area contributed by atoms with Crippen LogP contribution < -0.4 is 5.73 Å². The van der Waals surface area contributed by atoms with E-state index in [9.17, 15) is 0 Å². The Hall–Kier alpha value is -1.68. The minimum atomic E-state index is 0.627. The Balaban J connectivity index is 2.50. The molecular formula is C14H20N4. The molecule has 0 radical (unpaired) electrons. The molecule has 0 aliphatic rings. The molecule has 18 heavy (non-hydrogen) atoms. The van der Waals surface area contributed by atoms with Crippen LogP contribution >= 0.6 is 0 Å². The second kappa shape index (κ2) is 5.78. The molecule has 0 saturated heterocycles. The minimum Gasteiger partial charge on any atom is -0.330 e. The summed E-state index contributed by atoms with van der Waals surface area (Å²) in [5, 5.41) is 4.63. The van der Waals surface area contributed by atoms with Gasteiger partial charge in [-0.3, -0.25) is 0 Å². The quantitative estimate of drug-likeness (QED) is 0.874. The number of aromatic nitrogens is 3. The van der Waals surface area contributed by atoms with Gasteiger partial charge < -0.3 is 5.73 Å². The predicted octanol–water partition coefficient (Wildman–Crippen LogP) is 1.89. The van der Waals surface area contributed by atoms with Crippen molar-refractivity contribution in [1.82, 2.24) is 14.8 Å². The second-order valence-corrected chi connectivity index (χ2v) is 4.27. The summed E-state index contributed by atoms with van der Waals surface area (Å²) in [5.41, 5.74) is 9.11. The topological polar surface area (TPSA) is 56.7 Å². The molecule has 2 aromatic heterocycles. The van der Waals surface area contributed by atoms with Crippen LogP contribution in [0.3, 0.4) is 0 Å². The highest BCUT2D eigenvalue weighted by Gasteiger charge is 2.11. The molecule has 0 saturated carbocycles. The first-order valence-electron chi connectivity index (χ1n) is 6.52. The average Bonchev–Trinajstić information content (AvgIpc) is 2.83. The second-order valence-electron chi connectivity index (χ2n) is 4.27. The van der Waals surface area contributed by atoms with Crippen molar-refractivity contribution in [2.75, 3.05) is 6.54 Å². The Kier molecular flexibility index (Phi) is 4.10. The lowest BCUT2D eigenvalue weighted by Gasteiger charge is -2.09. The third kappa shape index (κ3) is 2.43.